The normalized spacial score (nSPS) is 10.6. The summed E-state index contributed by atoms with van der Waals surface area (Å²) in [5, 5.41) is 0. The van der Waals surface area contributed by atoms with Crippen LogP contribution >= 0.6 is 0 Å². The second kappa shape index (κ2) is 5.36. The second-order valence-electron chi connectivity index (χ2n) is 2.61. The van der Waals surface area contributed by atoms with Gasteiger partial charge in [-0.15, -0.1) is 0 Å². The quantitative estimate of drug-likeness (QED) is 0.692. The van der Waals surface area contributed by atoms with Crippen molar-refractivity contribution in [3.05, 3.63) is 35.9 Å². The van der Waals surface area contributed by atoms with Crippen molar-refractivity contribution in [3.63, 3.8) is 0 Å². The molecule has 0 atom stereocenters. The van der Waals surface area contributed by atoms with E-state index >= 15 is 0 Å². The molecule has 1 rings (SSSR count). The maximum Gasteiger partial charge on any atom is 0.123 e. The molecule has 70 valence electrons. The van der Waals surface area contributed by atoms with Crippen molar-refractivity contribution in [2.45, 2.75) is 6.92 Å². The summed E-state index contributed by atoms with van der Waals surface area (Å²) in [6, 6.07) is 7.55. The number of allylic oxidation sites excluding steroid dienone is 1. The van der Waals surface area contributed by atoms with Gasteiger partial charge in [0.2, 0.25) is 0 Å². The fourth-order valence-electron chi connectivity index (χ4n) is 1.02. The van der Waals surface area contributed by atoms with Gasteiger partial charge >= 0.3 is 0 Å². The first-order valence-electron chi connectivity index (χ1n) is 4.28. The lowest BCUT2D eigenvalue weighted by molar-refractivity contribution is 0.273. The van der Waals surface area contributed by atoms with Gasteiger partial charge in [-0.1, -0.05) is 24.3 Å². The van der Waals surface area contributed by atoms with Gasteiger partial charge < -0.3 is 4.74 Å². The molecular weight excluding hydrogens is 167 g/mol. The Morgan fingerprint density at radius 1 is 1.31 bits per heavy atom. The Balaban J connectivity index is 2.58. The molecule has 0 fully saturated rings. The van der Waals surface area contributed by atoms with Crippen molar-refractivity contribution >= 4 is 6.08 Å². The third-order valence-corrected chi connectivity index (χ3v) is 1.59. The summed E-state index contributed by atoms with van der Waals surface area (Å²) in [7, 11) is 0. The Bertz CT molecular complexity index is 264. The first kappa shape index (κ1) is 9.78. The number of alkyl halides is 1. The second-order valence-corrected chi connectivity index (χ2v) is 2.61. The van der Waals surface area contributed by atoms with Crippen LogP contribution in [0.25, 0.3) is 6.08 Å². The van der Waals surface area contributed by atoms with Crippen molar-refractivity contribution in [2.75, 3.05) is 13.3 Å². The van der Waals surface area contributed by atoms with Crippen LogP contribution in [0.1, 0.15) is 12.5 Å². The van der Waals surface area contributed by atoms with Crippen LogP contribution in [-0.4, -0.2) is 13.3 Å². The summed E-state index contributed by atoms with van der Waals surface area (Å²) in [5.74, 6) is 0.714. The highest BCUT2D eigenvalue weighted by molar-refractivity contribution is 5.50. The van der Waals surface area contributed by atoms with E-state index < -0.39 is 6.67 Å². The van der Waals surface area contributed by atoms with Crippen molar-refractivity contribution in [3.8, 4) is 5.75 Å². The molecule has 0 N–H and O–H groups in total. The molecular formula is C11H13FO. The Kier molecular flexibility index (Phi) is 4.03. The minimum atomic E-state index is -0.448. The van der Waals surface area contributed by atoms with E-state index in [2.05, 4.69) is 0 Å². The predicted molar refractivity (Wildman–Crippen MR) is 52.6 cm³/mol. The van der Waals surface area contributed by atoms with E-state index in [9.17, 15) is 4.39 Å². The maximum atomic E-state index is 11.7. The van der Waals surface area contributed by atoms with Gasteiger partial charge in [0.15, 0.2) is 0 Å². The molecule has 0 spiro atoms. The van der Waals surface area contributed by atoms with Crippen molar-refractivity contribution in [1.29, 1.82) is 0 Å². The van der Waals surface area contributed by atoms with Crippen molar-refractivity contribution < 1.29 is 9.13 Å². The van der Waals surface area contributed by atoms with Crippen LogP contribution in [0.5, 0.6) is 5.75 Å². The average molecular weight is 180 g/mol. The molecule has 0 bridgehead atoms. The average Bonchev–Trinajstić information content (AvgIpc) is 2.17. The van der Waals surface area contributed by atoms with Crippen LogP contribution in [0.4, 0.5) is 4.39 Å². The number of ether oxygens (including phenoxy) is 1. The molecule has 0 aromatic heterocycles. The first-order valence-corrected chi connectivity index (χ1v) is 4.28. The van der Waals surface area contributed by atoms with E-state index in [0.29, 0.717) is 5.75 Å². The van der Waals surface area contributed by atoms with Crippen LogP contribution in [-0.2, 0) is 0 Å². The summed E-state index contributed by atoms with van der Waals surface area (Å²) < 4.78 is 16.8. The fourth-order valence-corrected chi connectivity index (χ4v) is 1.02. The molecule has 0 aliphatic heterocycles. The summed E-state index contributed by atoms with van der Waals surface area (Å²) >= 11 is 0. The van der Waals surface area contributed by atoms with Crippen molar-refractivity contribution in [1.82, 2.24) is 0 Å². The van der Waals surface area contributed by atoms with Crippen LogP contribution in [0.2, 0.25) is 0 Å². The van der Waals surface area contributed by atoms with Gasteiger partial charge in [0, 0.05) is 0 Å². The molecule has 13 heavy (non-hydrogen) atoms. The molecule has 1 nitrogen and oxygen atoms in total. The van der Waals surface area contributed by atoms with Crippen LogP contribution in [0.3, 0.4) is 0 Å². The van der Waals surface area contributed by atoms with Gasteiger partial charge in [0.25, 0.3) is 0 Å². The van der Waals surface area contributed by atoms with Gasteiger partial charge in [0.1, 0.15) is 19.0 Å². The predicted octanol–water partition coefficient (Wildman–Crippen LogP) is 3.07. The molecule has 0 aliphatic carbocycles. The largest absolute Gasteiger partial charge is 0.491 e. The number of rotatable bonds is 4. The number of halogens is 1. The van der Waals surface area contributed by atoms with E-state index in [1.165, 1.54) is 0 Å². The first-order chi connectivity index (χ1) is 6.36. The molecule has 0 radical (unpaired) electrons. The van der Waals surface area contributed by atoms with E-state index in [1.807, 2.05) is 43.3 Å². The standard InChI is InChI=1S/C11H13FO/c1-2-3-10-4-6-11(7-5-10)13-9-8-12/h2-7H,8-9H2,1H3/b3-2+. The van der Waals surface area contributed by atoms with E-state index in [4.69, 9.17) is 4.74 Å². The molecule has 1 aromatic carbocycles. The van der Waals surface area contributed by atoms with Crippen LogP contribution in [0.15, 0.2) is 30.3 Å². The number of hydrogen-bond donors (Lipinski definition) is 0. The molecule has 0 unspecified atom stereocenters. The zero-order chi connectivity index (χ0) is 9.52. The smallest absolute Gasteiger partial charge is 0.123 e. The Morgan fingerprint density at radius 2 is 2.00 bits per heavy atom. The molecule has 1 aromatic rings. The summed E-state index contributed by atoms with van der Waals surface area (Å²) in [5.41, 5.74) is 1.12. The lowest BCUT2D eigenvalue weighted by Crippen LogP contribution is -1.97. The van der Waals surface area contributed by atoms with E-state index in [1.54, 1.807) is 0 Å². The van der Waals surface area contributed by atoms with Crippen molar-refractivity contribution in [2.24, 2.45) is 0 Å². The number of benzene rings is 1. The molecule has 2 heteroatoms. The highest BCUT2D eigenvalue weighted by Gasteiger charge is 1.92. The zero-order valence-electron chi connectivity index (χ0n) is 7.66. The Labute approximate surface area is 77.8 Å². The van der Waals surface area contributed by atoms with Crippen LogP contribution < -0.4 is 4.74 Å². The SMILES string of the molecule is C/C=C/c1ccc(OCCF)cc1. The van der Waals surface area contributed by atoms with E-state index in [-0.39, 0.29) is 6.61 Å². The molecule has 0 aliphatic rings. The van der Waals surface area contributed by atoms with Gasteiger partial charge in [0.05, 0.1) is 0 Å². The fraction of sp³-hybridized carbons (Fsp3) is 0.273. The monoisotopic (exact) mass is 180 g/mol. The zero-order valence-corrected chi connectivity index (χ0v) is 7.66. The third kappa shape index (κ3) is 3.28. The Morgan fingerprint density at radius 3 is 2.54 bits per heavy atom. The molecule has 0 saturated carbocycles. The third-order valence-electron chi connectivity index (χ3n) is 1.59. The topological polar surface area (TPSA) is 9.23 Å². The molecule has 0 amide bonds. The van der Waals surface area contributed by atoms with Gasteiger partial charge in [-0.05, 0) is 24.6 Å². The van der Waals surface area contributed by atoms with E-state index in [0.717, 1.165) is 5.56 Å². The maximum absolute atomic E-state index is 11.7. The lowest BCUT2D eigenvalue weighted by Gasteiger charge is -2.02. The molecule has 0 heterocycles. The summed E-state index contributed by atoms with van der Waals surface area (Å²) in [6.45, 7) is 1.65. The Hall–Kier alpha value is -1.31. The summed E-state index contributed by atoms with van der Waals surface area (Å²) in [6.07, 6.45) is 3.97. The van der Waals surface area contributed by atoms with Gasteiger partial charge in [-0.2, -0.15) is 0 Å². The lowest BCUT2D eigenvalue weighted by atomic mass is 10.2. The van der Waals surface area contributed by atoms with Gasteiger partial charge in [-0.25, -0.2) is 4.39 Å². The highest BCUT2D eigenvalue weighted by Crippen LogP contribution is 2.12. The van der Waals surface area contributed by atoms with Crippen LogP contribution in [0, 0.1) is 0 Å². The highest BCUT2D eigenvalue weighted by atomic mass is 19.1. The van der Waals surface area contributed by atoms with Gasteiger partial charge in [-0.3, -0.25) is 0 Å². The molecule has 0 saturated heterocycles. The summed E-state index contributed by atoms with van der Waals surface area (Å²) in [4.78, 5) is 0. The minimum absolute atomic E-state index is 0.128. The minimum Gasteiger partial charge on any atom is -0.491 e. The number of hydrogen-bond acceptors (Lipinski definition) is 1.